The Morgan fingerprint density at radius 1 is 1.38 bits per heavy atom. The zero-order chi connectivity index (χ0) is 17.7. The second-order valence-electron chi connectivity index (χ2n) is 6.51. The van der Waals surface area contributed by atoms with E-state index in [-0.39, 0.29) is 11.7 Å². The third kappa shape index (κ3) is 4.95. The first-order chi connectivity index (χ1) is 11.3. The minimum absolute atomic E-state index is 0.0280. The van der Waals surface area contributed by atoms with E-state index < -0.39 is 10.0 Å². The first-order valence-electron chi connectivity index (χ1n) is 8.36. The Morgan fingerprint density at radius 2 is 2.08 bits per heavy atom. The van der Waals surface area contributed by atoms with Gasteiger partial charge >= 0.3 is 0 Å². The first-order valence-corrected chi connectivity index (χ1v) is 10.0. The predicted molar refractivity (Wildman–Crippen MR) is 96.7 cm³/mol. The van der Waals surface area contributed by atoms with E-state index in [2.05, 4.69) is 16.7 Å². The van der Waals surface area contributed by atoms with Crippen LogP contribution >= 0.6 is 0 Å². The number of hydrogen-bond acceptors (Lipinski definition) is 4. The fraction of sp³-hybridized carbons (Fsp3) is 0.588. The van der Waals surface area contributed by atoms with E-state index in [1.807, 2.05) is 0 Å². The van der Waals surface area contributed by atoms with Crippen molar-refractivity contribution >= 4 is 21.6 Å². The van der Waals surface area contributed by atoms with E-state index in [1.165, 1.54) is 0 Å². The summed E-state index contributed by atoms with van der Waals surface area (Å²) in [5, 5.41) is 0. The van der Waals surface area contributed by atoms with E-state index >= 15 is 0 Å². The number of para-hydroxylation sites is 1. The molecule has 1 fully saturated rings. The molecule has 7 heteroatoms. The molecule has 1 unspecified atom stereocenters. The molecule has 1 aliphatic heterocycles. The van der Waals surface area contributed by atoms with Crippen LogP contribution in [-0.4, -0.2) is 63.6 Å². The van der Waals surface area contributed by atoms with Gasteiger partial charge in [0.2, 0.25) is 10.0 Å². The van der Waals surface area contributed by atoms with Gasteiger partial charge in [-0.1, -0.05) is 12.1 Å². The molecule has 24 heavy (non-hydrogen) atoms. The monoisotopic (exact) mass is 353 g/mol. The number of nitrogens with one attached hydrogen (secondary N) is 1. The van der Waals surface area contributed by atoms with Crippen LogP contribution in [0.25, 0.3) is 0 Å². The summed E-state index contributed by atoms with van der Waals surface area (Å²) in [5.41, 5.74) is 0.734. The van der Waals surface area contributed by atoms with Crippen LogP contribution in [0.15, 0.2) is 24.3 Å². The Hall–Kier alpha value is -1.60. The van der Waals surface area contributed by atoms with E-state index in [4.69, 9.17) is 0 Å². The number of likely N-dealkylation sites (tertiary alicyclic amines) is 1. The second-order valence-corrected chi connectivity index (χ2v) is 8.52. The molecule has 0 bridgehead atoms. The average molecular weight is 353 g/mol. The van der Waals surface area contributed by atoms with Crippen LogP contribution in [-0.2, 0) is 10.0 Å². The molecule has 0 aromatic heterocycles. The van der Waals surface area contributed by atoms with Crippen molar-refractivity contribution in [2.24, 2.45) is 5.92 Å². The van der Waals surface area contributed by atoms with Crippen molar-refractivity contribution in [3.8, 4) is 0 Å². The van der Waals surface area contributed by atoms with Crippen LogP contribution in [0.2, 0.25) is 0 Å². The van der Waals surface area contributed by atoms with Crippen molar-refractivity contribution < 1.29 is 13.2 Å². The van der Waals surface area contributed by atoms with Crippen LogP contribution in [0.3, 0.4) is 0 Å². The van der Waals surface area contributed by atoms with Gasteiger partial charge in [-0.15, -0.1) is 0 Å². The minimum atomic E-state index is -3.42. The van der Waals surface area contributed by atoms with Crippen molar-refractivity contribution in [1.29, 1.82) is 0 Å². The standard InChI is InChI=1S/C17H27N3O3S/c1-4-24(22,23)18-16-10-6-5-9-15(16)17(21)20(3)13-14-8-7-11-19(2)12-14/h5-6,9-10,14,18H,4,7-8,11-13H2,1-3H3. The van der Waals surface area contributed by atoms with Gasteiger partial charge in [0.25, 0.3) is 5.91 Å². The molecule has 0 spiro atoms. The molecule has 0 aliphatic carbocycles. The number of sulfonamides is 1. The van der Waals surface area contributed by atoms with Gasteiger partial charge in [0, 0.05) is 20.1 Å². The maximum Gasteiger partial charge on any atom is 0.255 e. The predicted octanol–water partition coefficient (Wildman–Crippen LogP) is 1.86. The number of carbonyl (C=O) groups excluding carboxylic acids is 1. The van der Waals surface area contributed by atoms with E-state index in [1.54, 1.807) is 43.1 Å². The van der Waals surface area contributed by atoms with E-state index in [9.17, 15) is 13.2 Å². The van der Waals surface area contributed by atoms with E-state index in [0.29, 0.717) is 23.7 Å². The van der Waals surface area contributed by atoms with Gasteiger partial charge in [-0.2, -0.15) is 0 Å². The van der Waals surface area contributed by atoms with Crippen molar-refractivity contribution in [2.75, 3.05) is 44.2 Å². The van der Waals surface area contributed by atoms with Gasteiger partial charge < -0.3 is 9.80 Å². The van der Waals surface area contributed by atoms with Gasteiger partial charge in [0.15, 0.2) is 0 Å². The highest BCUT2D eigenvalue weighted by Gasteiger charge is 2.23. The minimum Gasteiger partial charge on any atom is -0.341 e. The number of rotatable bonds is 6. The summed E-state index contributed by atoms with van der Waals surface area (Å²) in [7, 11) is 0.464. The van der Waals surface area contributed by atoms with Crippen LogP contribution in [0.1, 0.15) is 30.1 Å². The zero-order valence-corrected chi connectivity index (χ0v) is 15.5. The van der Waals surface area contributed by atoms with Crippen molar-refractivity contribution in [3.63, 3.8) is 0 Å². The van der Waals surface area contributed by atoms with Crippen LogP contribution in [0, 0.1) is 5.92 Å². The Kier molecular flexibility index (Phi) is 6.23. The molecule has 1 heterocycles. The largest absolute Gasteiger partial charge is 0.341 e. The SMILES string of the molecule is CCS(=O)(=O)Nc1ccccc1C(=O)N(C)CC1CCCN(C)C1. The number of piperidine rings is 1. The highest BCUT2D eigenvalue weighted by atomic mass is 32.2. The number of nitrogens with zero attached hydrogens (tertiary/aromatic N) is 2. The number of benzene rings is 1. The maximum atomic E-state index is 12.8. The molecular formula is C17H27N3O3S. The Labute approximate surface area is 144 Å². The molecule has 1 atom stereocenters. The summed E-state index contributed by atoms with van der Waals surface area (Å²) in [6, 6.07) is 6.77. The highest BCUT2D eigenvalue weighted by molar-refractivity contribution is 7.92. The summed E-state index contributed by atoms with van der Waals surface area (Å²) < 4.78 is 26.1. The van der Waals surface area contributed by atoms with Crippen LogP contribution < -0.4 is 4.72 Å². The summed E-state index contributed by atoms with van der Waals surface area (Å²) in [6.45, 7) is 4.34. The lowest BCUT2D eigenvalue weighted by Gasteiger charge is -2.32. The number of amides is 1. The van der Waals surface area contributed by atoms with Gasteiger partial charge in [-0.3, -0.25) is 9.52 Å². The summed E-state index contributed by atoms with van der Waals surface area (Å²) in [4.78, 5) is 16.8. The van der Waals surface area contributed by atoms with Crippen LogP contribution in [0.5, 0.6) is 0 Å². The lowest BCUT2D eigenvalue weighted by Crippen LogP contribution is -2.40. The van der Waals surface area contributed by atoms with E-state index in [0.717, 1.165) is 25.9 Å². The Bertz CT molecular complexity index is 675. The van der Waals surface area contributed by atoms with Gasteiger partial charge in [0.1, 0.15) is 0 Å². The number of hydrogen-bond donors (Lipinski definition) is 1. The first kappa shape index (κ1) is 18.7. The summed E-state index contributed by atoms with van der Waals surface area (Å²) in [5.74, 6) is 0.273. The molecule has 2 rings (SSSR count). The van der Waals surface area contributed by atoms with Crippen molar-refractivity contribution in [3.05, 3.63) is 29.8 Å². The molecule has 6 nitrogen and oxygen atoms in total. The second kappa shape index (κ2) is 7.98. The molecule has 1 aromatic rings. The lowest BCUT2D eigenvalue weighted by atomic mass is 9.97. The smallest absolute Gasteiger partial charge is 0.255 e. The molecule has 1 aromatic carbocycles. The summed E-state index contributed by atoms with van der Waals surface area (Å²) >= 11 is 0. The third-order valence-electron chi connectivity index (χ3n) is 4.40. The fourth-order valence-electron chi connectivity index (χ4n) is 3.10. The highest BCUT2D eigenvalue weighted by Crippen LogP contribution is 2.21. The molecule has 1 aliphatic rings. The van der Waals surface area contributed by atoms with Crippen molar-refractivity contribution in [2.45, 2.75) is 19.8 Å². The lowest BCUT2D eigenvalue weighted by molar-refractivity contribution is 0.0742. The molecule has 0 radical (unpaired) electrons. The number of carbonyl (C=O) groups is 1. The van der Waals surface area contributed by atoms with Gasteiger partial charge in [-0.25, -0.2) is 8.42 Å². The zero-order valence-electron chi connectivity index (χ0n) is 14.7. The molecule has 1 amide bonds. The Morgan fingerprint density at radius 3 is 2.75 bits per heavy atom. The third-order valence-corrected chi connectivity index (χ3v) is 5.69. The average Bonchev–Trinajstić information content (AvgIpc) is 2.54. The van der Waals surface area contributed by atoms with Crippen LogP contribution in [0.4, 0.5) is 5.69 Å². The Balaban J connectivity index is 2.11. The molecular weight excluding hydrogens is 326 g/mol. The quantitative estimate of drug-likeness (QED) is 0.847. The molecule has 1 saturated heterocycles. The number of anilines is 1. The van der Waals surface area contributed by atoms with Gasteiger partial charge in [-0.05, 0) is 51.4 Å². The topological polar surface area (TPSA) is 69.7 Å². The molecule has 1 N–H and O–H groups in total. The molecule has 134 valence electrons. The maximum absolute atomic E-state index is 12.8. The molecule has 0 saturated carbocycles. The normalized spacial score (nSPS) is 19.0. The fourth-order valence-corrected chi connectivity index (χ4v) is 3.75. The van der Waals surface area contributed by atoms with Crippen molar-refractivity contribution in [1.82, 2.24) is 9.80 Å². The van der Waals surface area contributed by atoms with Gasteiger partial charge in [0.05, 0.1) is 17.0 Å². The summed E-state index contributed by atoms with van der Waals surface area (Å²) in [6.07, 6.45) is 2.27.